The van der Waals surface area contributed by atoms with Crippen molar-refractivity contribution in [2.75, 3.05) is 19.8 Å². The third-order valence-electron chi connectivity index (χ3n) is 19.3. The van der Waals surface area contributed by atoms with Crippen LogP contribution in [0.1, 0.15) is 361 Å². The summed E-state index contributed by atoms with van der Waals surface area (Å²) < 4.78 is 22.9. The van der Waals surface area contributed by atoms with Gasteiger partial charge in [0.25, 0.3) is 0 Å². The molecule has 12 unspecified atom stereocenters. The average molecular weight is 1310 g/mol. The Kier molecular flexibility index (Phi) is 58.8. The number of allylic oxidation sites excluding steroid dienone is 5. The maximum atomic E-state index is 13.4. The number of nitrogens with one attached hydrogen (secondary N) is 1. The fourth-order valence-electron chi connectivity index (χ4n) is 13.1. The molecule has 1 amide bonds. The number of aliphatic hydroxyl groups excluding tert-OH is 8. The Hall–Kier alpha value is -1.79. The van der Waals surface area contributed by atoms with Crippen LogP contribution in [0.3, 0.4) is 0 Å². The number of carbonyl (C=O) groups excluding carboxylic acids is 1. The lowest BCUT2D eigenvalue weighted by molar-refractivity contribution is -0.359. The second-order valence-corrected chi connectivity index (χ2v) is 27.8. The summed E-state index contributed by atoms with van der Waals surface area (Å²) in [5.41, 5.74) is 0. The lowest BCUT2D eigenvalue weighted by Crippen LogP contribution is -2.65. The van der Waals surface area contributed by atoms with Gasteiger partial charge in [0.1, 0.15) is 48.8 Å². The molecule has 2 rings (SSSR count). The molecule has 0 aromatic carbocycles. The molecule has 0 radical (unpaired) electrons. The number of amides is 1. The van der Waals surface area contributed by atoms with Crippen molar-refractivity contribution in [3.8, 4) is 0 Å². The first-order valence-corrected chi connectivity index (χ1v) is 39.2. The fourth-order valence-corrected chi connectivity index (χ4v) is 13.1. The van der Waals surface area contributed by atoms with Gasteiger partial charge in [-0.15, -0.1) is 0 Å². The summed E-state index contributed by atoms with van der Waals surface area (Å²) in [4.78, 5) is 13.4. The Morgan fingerprint density at radius 1 is 0.391 bits per heavy atom. The van der Waals surface area contributed by atoms with Crippen molar-refractivity contribution in [3.63, 3.8) is 0 Å². The van der Waals surface area contributed by atoms with Gasteiger partial charge in [0, 0.05) is 6.42 Å². The maximum Gasteiger partial charge on any atom is 0.220 e. The van der Waals surface area contributed by atoms with E-state index in [9.17, 15) is 45.6 Å². The van der Waals surface area contributed by atoms with Crippen molar-refractivity contribution >= 4 is 5.91 Å². The fraction of sp³-hybridized carbons (Fsp3) is 0.910. The molecule has 0 aromatic heterocycles. The van der Waals surface area contributed by atoms with E-state index < -0.39 is 86.8 Å². The predicted octanol–water partition coefficient (Wildman–Crippen LogP) is 17.2. The van der Waals surface area contributed by atoms with E-state index in [1.54, 1.807) is 6.08 Å². The normalized spacial score (nSPS) is 22.8. The lowest BCUT2D eigenvalue weighted by atomic mass is 9.97. The molecular formula is C78H147NO13. The zero-order valence-electron chi connectivity index (χ0n) is 59.3. The lowest BCUT2D eigenvalue weighted by Gasteiger charge is -2.46. The highest BCUT2D eigenvalue weighted by molar-refractivity contribution is 5.76. The molecule has 2 aliphatic heterocycles. The highest BCUT2D eigenvalue weighted by Crippen LogP contribution is 2.30. The Morgan fingerprint density at radius 3 is 1.09 bits per heavy atom. The van der Waals surface area contributed by atoms with Crippen LogP contribution in [0.5, 0.6) is 0 Å². The van der Waals surface area contributed by atoms with Gasteiger partial charge in [-0.3, -0.25) is 4.79 Å². The molecule has 0 saturated carbocycles. The summed E-state index contributed by atoms with van der Waals surface area (Å²) >= 11 is 0. The summed E-state index contributed by atoms with van der Waals surface area (Å²) in [6.07, 6.45) is 65.1. The first-order valence-electron chi connectivity index (χ1n) is 39.2. The van der Waals surface area contributed by atoms with Crippen molar-refractivity contribution < 1.29 is 64.6 Å². The zero-order chi connectivity index (χ0) is 66.6. The number of carbonyl (C=O) groups is 1. The predicted molar refractivity (Wildman–Crippen MR) is 378 cm³/mol. The number of aliphatic hydroxyl groups is 8. The molecule has 2 heterocycles. The van der Waals surface area contributed by atoms with Crippen LogP contribution in [0, 0.1) is 0 Å². The highest BCUT2D eigenvalue weighted by Gasteiger charge is 2.51. The van der Waals surface area contributed by atoms with Crippen LogP contribution in [0.4, 0.5) is 0 Å². The summed E-state index contributed by atoms with van der Waals surface area (Å²) in [6, 6.07) is -0.917. The van der Waals surface area contributed by atoms with E-state index in [-0.39, 0.29) is 18.9 Å². The van der Waals surface area contributed by atoms with Crippen molar-refractivity contribution in [1.29, 1.82) is 0 Å². The number of ether oxygens (including phenoxy) is 4. The summed E-state index contributed by atoms with van der Waals surface area (Å²) in [7, 11) is 0. The van der Waals surface area contributed by atoms with Gasteiger partial charge in [-0.1, -0.05) is 339 Å². The molecule has 9 N–H and O–H groups in total. The minimum Gasteiger partial charge on any atom is -0.394 e. The molecule has 2 fully saturated rings. The van der Waals surface area contributed by atoms with E-state index in [2.05, 4.69) is 43.5 Å². The van der Waals surface area contributed by atoms with E-state index in [0.717, 1.165) is 44.9 Å². The summed E-state index contributed by atoms with van der Waals surface area (Å²) in [6.45, 7) is 2.85. The Balaban J connectivity index is 1.63. The highest BCUT2D eigenvalue weighted by atomic mass is 16.7. The molecule has 92 heavy (non-hydrogen) atoms. The maximum absolute atomic E-state index is 13.4. The van der Waals surface area contributed by atoms with Crippen LogP contribution < -0.4 is 5.32 Å². The molecule has 14 heteroatoms. The van der Waals surface area contributed by atoms with Gasteiger partial charge in [-0.2, -0.15) is 0 Å². The first kappa shape index (κ1) is 86.3. The first-order chi connectivity index (χ1) is 45.1. The van der Waals surface area contributed by atoms with E-state index in [1.165, 1.54) is 289 Å². The summed E-state index contributed by atoms with van der Waals surface area (Å²) in [5, 5.41) is 87.6. The Bertz CT molecular complexity index is 1680. The molecule has 2 aliphatic rings. The van der Waals surface area contributed by atoms with Gasteiger partial charge in [-0.05, 0) is 51.4 Å². The van der Waals surface area contributed by atoms with Crippen LogP contribution >= 0.6 is 0 Å². The Labute approximate surface area is 563 Å². The molecular weight excluding hydrogens is 1160 g/mol. The van der Waals surface area contributed by atoms with Crippen LogP contribution in [0.2, 0.25) is 0 Å². The third-order valence-corrected chi connectivity index (χ3v) is 19.3. The van der Waals surface area contributed by atoms with Crippen LogP contribution in [-0.2, 0) is 23.7 Å². The van der Waals surface area contributed by atoms with Crippen molar-refractivity contribution in [2.24, 2.45) is 0 Å². The smallest absolute Gasteiger partial charge is 0.220 e. The topological polar surface area (TPSA) is 228 Å². The van der Waals surface area contributed by atoms with Gasteiger partial charge >= 0.3 is 0 Å². The molecule has 2 saturated heterocycles. The van der Waals surface area contributed by atoms with Crippen molar-refractivity contribution in [2.45, 2.75) is 434 Å². The van der Waals surface area contributed by atoms with Gasteiger partial charge in [0.05, 0.1) is 32.0 Å². The number of unbranched alkanes of at least 4 members (excludes halogenated alkanes) is 49. The number of hydrogen-bond donors (Lipinski definition) is 9. The van der Waals surface area contributed by atoms with Crippen LogP contribution in [0.25, 0.3) is 0 Å². The molecule has 542 valence electrons. The number of rotatable bonds is 66. The van der Waals surface area contributed by atoms with Crippen LogP contribution in [0.15, 0.2) is 36.5 Å². The molecule has 0 aromatic rings. The molecule has 0 aliphatic carbocycles. The third kappa shape index (κ3) is 45.7. The molecule has 14 nitrogen and oxygen atoms in total. The minimum atomic E-state index is -1.79. The monoisotopic (exact) mass is 1310 g/mol. The Morgan fingerprint density at radius 2 is 0.717 bits per heavy atom. The standard InChI is InChI=1S/C78H147NO13/c1-3-5-7-9-11-13-15-17-19-21-23-25-27-29-30-31-32-33-34-35-36-38-39-41-43-45-47-49-51-53-55-57-59-61-67(82)66(65-89-77-75(88)73(86)76(69(64-81)91-77)92-78-74(87)72(85)71(84)68(63-80)90-78)79-70(83)62-60-58-56-54-52-50-48-46-44-42-40-37-28-26-24-22-20-18-16-14-12-10-8-6-4-2/h16,18,22,24,59,61,66-69,71-78,80-82,84-88H,3-15,17,19-21,23,25-58,60,62-65H2,1-2H3,(H,79,83)/b18-16-,24-22-,61-59+. The van der Waals surface area contributed by atoms with Gasteiger partial charge in [0.2, 0.25) is 5.91 Å². The van der Waals surface area contributed by atoms with Gasteiger partial charge < -0.3 is 65.1 Å². The van der Waals surface area contributed by atoms with Crippen molar-refractivity contribution in [3.05, 3.63) is 36.5 Å². The van der Waals surface area contributed by atoms with Gasteiger partial charge in [0.15, 0.2) is 12.6 Å². The second kappa shape index (κ2) is 62.7. The van der Waals surface area contributed by atoms with E-state index in [0.29, 0.717) is 6.42 Å². The van der Waals surface area contributed by atoms with E-state index in [1.807, 2.05) is 6.08 Å². The molecule has 12 atom stereocenters. The minimum absolute atomic E-state index is 0.235. The zero-order valence-corrected chi connectivity index (χ0v) is 59.3. The molecule has 0 spiro atoms. The van der Waals surface area contributed by atoms with Gasteiger partial charge in [-0.25, -0.2) is 0 Å². The average Bonchev–Trinajstić information content (AvgIpc) is 0.865. The van der Waals surface area contributed by atoms with E-state index >= 15 is 0 Å². The van der Waals surface area contributed by atoms with E-state index in [4.69, 9.17) is 18.9 Å². The molecule has 0 bridgehead atoms. The summed E-state index contributed by atoms with van der Waals surface area (Å²) in [5.74, 6) is -0.235. The quantitative estimate of drug-likeness (QED) is 0.0204. The van der Waals surface area contributed by atoms with Crippen LogP contribution in [-0.4, -0.2) is 140 Å². The second-order valence-electron chi connectivity index (χ2n) is 27.8. The van der Waals surface area contributed by atoms with Crippen molar-refractivity contribution in [1.82, 2.24) is 5.32 Å². The number of hydrogen-bond acceptors (Lipinski definition) is 13. The SMILES string of the molecule is CCCCCCC/C=C\C/C=C\CCCCCCCCCCCCCCCC(=O)NC(COC1OC(CO)C(OC2OC(CO)C(O)C(O)C2O)C(O)C1O)C(O)/C=C/CCCCCCCCCCCCCCCCCCCCCCCCCCCCCCCCC. The largest absolute Gasteiger partial charge is 0.394 e.